The molecule has 0 aliphatic rings. The molecular weight excluding hydrogens is 284 g/mol. The molecule has 108 valence electrons. The van der Waals surface area contributed by atoms with E-state index < -0.39 is 4.92 Å². The number of nitrogens with zero attached hydrogens (tertiary/aromatic N) is 3. The number of fused-ring (bicyclic) bond motifs is 1. The smallest absolute Gasteiger partial charge is 0.271 e. The van der Waals surface area contributed by atoms with Gasteiger partial charge in [-0.2, -0.15) is 5.26 Å². The summed E-state index contributed by atoms with van der Waals surface area (Å²) in [6.45, 7) is 0.203. The molecule has 0 bridgehead atoms. The molecule has 0 aliphatic carbocycles. The van der Waals surface area contributed by atoms with Crippen LogP contribution < -0.4 is 4.74 Å². The highest BCUT2D eigenvalue weighted by molar-refractivity contribution is 5.77. The van der Waals surface area contributed by atoms with Gasteiger partial charge in [-0.05, 0) is 30.3 Å². The van der Waals surface area contributed by atoms with E-state index in [1.807, 2.05) is 6.07 Å². The minimum atomic E-state index is -0.457. The van der Waals surface area contributed by atoms with Crippen molar-refractivity contribution in [1.82, 2.24) is 9.97 Å². The zero-order valence-electron chi connectivity index (χ0n) is 11.3. The van der Waals surface area contributed by atoms with Crippen LogP contribution in [0, 0.1) is 21.4 Å². The van der Waals surface area contributed by atoms with Crippen molar-refractivity contribution in [2.75, 3.05) is 0 Å². The second-order valence-corrected chi connectivity index (χ2v) is 4.57. The molecule has 22 heavy (non-hydrogen) atoms. The highest BCUT2D eigenvalue weighted by Gasteiger charge is 2.10. The molecule has 7 nitrogen and oxygen atoms in total. The Kier molecular flexibility index (Phi) is 3.42. The molecule has 0 fully saturated rings. The lowest BCUT2D eigenvalue weighted by Gasteiger charge is -2.03. The summed E-state index contributed by atoms with van der Waals surface area (Å²) in [7, 11) is 0. The molecule has 0 aliphatic heterocycles. The summed E-state index contributed by atoms with van der Waals surface area (Å²) in [6, 6.07) is 13.2. The number of aromatic amines is 1. The number of non-ortho nitro benzene ring substituents is 1. The van der Waals surface area contributed by atoms with Gasteiger partial charge in [0.1, 0.15) is 18.2 Å². The number of imidazole rings is 1. The van der Waals surface area contributed by atoms with Crippen LogP contribution in [-0.2, 0) is 6.61 Å². The third kappa shape index (κ3) is 2.71. The van der Waals surface area contributed by atoms with Gasteiger partial charge in [0.05, 0.1) is 27.6 Å². The van der Waals surface area contributed by atoms with Gasteiger partial charge in [-0.15, -0.1) is 0 Å². The fraction of sp³-hybridized carbons (Fsp3) is 0.0667. The van der Waals surface area contributed by atoms with Crippen molar-refractivity contribution in [3.05, 3.63) is 64.0 Å². The van der Waals surface area contributed by atoms with E-state index in [9.17, 15) is 10.1 Å². The molecule has 1 heterocycles. The first-order chi connectivity index (χ1) is 10.7. The second kappa shape index (κ2) is 5.54. The van der Waals surface area contributed by atoms with Crippen molar-refractivity contribution in [3.63, 3.8) is 0 Å². The number of nitro groups is 1. The molecule has 7 heteroatoms. The van der Waals surface area contributed by atoms with Crippen molar-refractivity contribution in [2.24, 2.45) is 0 Å². The van der Waals surface area contributed by atoms with Gasteiger partial charge in [0.25, 0.3) is 5.69 Å². The fourth-order valence-corrected chi connectivity index (χ4v) is 2.01. The maximum absolute atomic E-state index is 10.7. The second-order valence-electron chi connectivity index (χ2n) is 4.57. The van der Waals surface area contributed by atoms with E-state index in [1.54, 1.807) is 30.3 Å². The lowest BCUT2D eigenvalue weighted by molar-refractivity contribution is -0.384. The van der Waals surface area contributed by atoms with Crippen LogP contribution in [0.1, 0.15) is 11.4 Å². The molecule has 2 aromatic carbocycles. The largest absolute Gasteiger partial charge is 0.486 e. The van der Waals surface area contributed by atoms with Gasteiger partial charge in [0, 0.05) is 12.1 Å². The van der Waals surface area contributed by atoms with Gasteiger partial charge >= 0.3 is 0 Å². The Morgan fingerprint density at radius 1 is 1.27 bits per heavy atom. The first-order valence-electron chi connectivity index (χ1n) is 6.42. The first kappa shape index (κ1) is 13.6. The number of H-pyrrole nitrogens is 1. The van der Waals surface area contributed by atoms with Crippen LogP contribution in [0.4, 0.5) is 5.69 Å². The monoisotopic (exact) mass is 294 g/mol. The van der Waals surface area contributed by atoms with Crippen LogP contribution in [0.5, 0.6) is 5.75 Å². The van der Waals surface area contributed by atoms with Crippen LogP contribution in [0.15, 0.2) is 42.5 Å². The van der Waals surface area contributed by atoms with Crippen LogP contribution in [0.25, 0.3) is 11.0 Å². The minimum Gasteiger partial charge on any atom is -0.486 e. The Hall–Kier alpha value is -3.40. The first-order valence-corrected chi connectivity index (χ1v) is 6.42. The van der Waals surface area contributed by atoms with Crippen LogP contribution in [0.3, 0.4) is 0 Å². The van der Waals surface area contributed by atoms with Crippen molar-refractivity contribution in [2.45, 2.75) is 6.61 Å². The number of nitriles is 1. The highest BCUT2D eigenvalue weighted by atomic mass is 16.6. The topological polar surface area (TPSA) is 105 Å². The molecule has 0 saturated heterocycles. The molecule has 0 spiro atoms. The standard InChI is InChI=1S/C15H10N4O3/c16-8-10-1-4-12(5-2-10)22-9-15-17-13-6-3-11(19(20)21)7-14(13)18-15/h1-7H,9H2,(H,17,18). The number of benzene rings is 2. The molecule has 1 aromatic heterocycles. The van der Waals surface area contributed by atoms with E-state index >= 15 is 0 Å². The van der Waals surface area contributed by atoms with Gasteiger partial charge in [-0.1, -0.05) is 0 Å². The number of ether oxygens (including phenoxy) is 1. The van der Waals surface area contributed by atoms with Gasteiger partial charge in [-0.25, -0.2) is 4.98 Å². The van der Waals surface area contributed by atoms with E-state index in [0.29, 0.717) is 28.2 Å². The quantitative estimate of drug-likeness (QED) is 0.588. The Labute approximate surface area is 124 Å². The third-order valence-electron chi connectivity index (χ3n) is 3.09. The molecular formula is C15H10N4O3. The predicted molar refractivity (Wildman–Crippen MR) is 78.2 cm³/mol. The number of rotatable bonds is 4. The maximum Gasteiger partial charge on any atom is 0.271 e. The SMILES string of the molecule is N#Cc1ccc(OCc2nc3cc([N+](=O)[O-])ccc3[nH]2)cc1. The van der Waals surface area contributed by atoms with Crippen molar-refractivity contribution < 1.29 is 9.66 Å². The summed E-state index contributed by atoms with van der Waals surface area (Å²) >= 11 is 0. The predicted octanol–water partition coefficient (Wildman–Crippen LogP) is 2.92. The minimum absolute atomic E-state index is 0.00133. The summed E-state index contributed by atoms with van der Waals surface area (Å²) < 4.78 is 5.56. The van der Waals surface area contributed by atoms with Crippen molar-refractivity contribution in [3.8, 4) is 11.8 Å². The third-order valence-corrected chi connectivity index (χ3v) is 3.09. The molecule has 0 amide bonds. The number of nitrogens with one attached hydrogen (secondary N) is 1. The fourth-order valence-electron chi connectivity index (χ4n) is 2.01. The normalized spacial score (nSPS) is 10.3. The van der Waals surface area contributed by atoms with E-state index in [1.165, 1.54) is 12.1 Å². The van der Waals surface area contributed by atoms with E-state index in [0.717, 1.165) is 0 Å². The van der Waals surface area contributed by atoms with Crippen molar-refractivity contribution >= 4 is 16.7 Å². The number of hydrogen-bond acceptors (Lipinski definition) is 5. The van der Waals surface area contributed by atoms with Gasteiger partial charge in [0.2, 0.25) is 0 Å². The Bertz CT molecular complexity index is 878. The summed E-state index contributed by atoms with van der Waals surface area (Å²) in [5.74, 6) is 1.19. The number of nitro benzene ring substituents is 1. The lowest BCUT2D eigenvalue weighted by atomic mass is 10.2. The average Bonchev–Trinajstić information content (AvgIpc) is 2.95. The van der Waals surface area contributed by atoms with Crippen LogP contribution in [-0.4, -0.2) is 14.9 Å². The van der Waals surface area contributed by atoms with Crippen molar-refractivity contribution in [1.29, 1.82) is 5.26 Å². The molecule has 0 radical (unpaired) electrons. The zero-order chi connectivity index (χ0) is 15.5. The van der Waals surface area contributed by atoms with E-state index in [2.05, 4.69) is 9.97 Å². The van der Waals surface area contributed by atoms with Crippen LogP contribution >= 0.6 is 0 Å². The van der Waals surface area contributed by atoms with Gasteiger partial charge < -0.3 is 9.72 Å². The molecule has 0 saturated carbocycles. The summed E-state index contributed by atoms with van der Waals surface area (Å²) in [4.78, 5) is 17.6. The number of aromatic nitrogens is 2. The van der Waals surface area contributed by atoms with E-state index in [-0.39, 0.29) is 12.3 Å². The molecule has 3 rings (SSSR count). The molecule has 0 atom stereocenters. The Morgan fingerprint density at radius 3 is 2.73 bits per heavy atom. The zero-order valence-corrected chi connectivity index (χ0v) is 11.3. The summed E-state index contributed by atoms with van der Waals surface area (Å²) in [6.07, 6.45) is 0. The van der Waals surface area contributed by atoms with Gasteiger partial charge in [0.15, 0.2) is 0 Å². The van der Waals surface area contributed by atoms with Gasteiger partial charge in [-0.3, -0.25) is 10.1 Å². The molecule has 3 aromatic rings. The summed E-state index contributed by atoms with van der Waals surface area (Å²) in [5, 5.41) is 19.5. The summed E-state index contributed by atoms with van der Waals surface area (Å²) in [5.41, 5.74) is 1.79. The average molecular weight is 294 g/mol. The lowest BCUT2D eigenvalue weighted by Crippen LogP contribution is -1.97. The molecule has 0 unspecified atom stereocenters. The Morgan fingerprint density at radius 2 is 2.05 bits per heavy atom. The van der Waals surface area contributed by atoms with E-state index in [4.69, 9.17) is 10.00 Å². The number of hydrogen-bond donors (Lipinski definition) is 1. The maximum atomic E-state index is 10.7. The highest BCUT2D eigenvalue weighted by Crippen LogP contribution is 2.20. The Balaban J connectivity index is 1.76. The molecule has 1 N–H and O–H groups in total. The van der Waals surface area contributed by atoms with Crippen LogP contribution in [0.2, 0.25) is 0 Å².